The number of nitrogens with two attached hydrogens (primary N) is 1. The number of benzene rings is 1. The van der Waals surface area contributed by atoms with Crippen molar-refractivity contribution in [3.63, 3.8) is 0 Å². The van der Waals surface area contributed by atoms with Gasteiger partial charge >= 0.3 is 0 Å². The molecule has 1 saturated carbocycles. The Balaban J connectivity index is 1.99. The predicted molar refractivity (Wildman–Crippen MR) is 64.1 cm³/mol. The third kappa shape index (κ3) is 1.69. The summed E-state index contributed by atoms with van der Waals surface area (Å²) in [5, 5.41) is 10.1. The molecule has 4 heteroatoms. The molecule has 0 spiro atoms. The van der Waals surface area contributed by atoms with E-state index in [1.807, 2.05) is 29.2 Å². The normalized spacial score (nSPS) is 28.8. The minimum Gasteiger partial charge on any atom is -0.398 e. The van der Waals surface area contributed by atoms with Crippen LogP contribution in [0.3, 0.4) is 0 Å². The second-order valence-corrected chi connectivity index (χ2v) is 4.88. The van der Waals surface area contributed by atoms with E-state index < -0.39 is 6.10 Å². The van der Waals surface area contributed by atoms with E-state index in [0.717, 1.165) is 18.4 Å². The summed E-state index contributed by atoms with van der Waals surface area (Å²) in [6.07, 6.45) is 1.67. The number of hydrogen-bond donors (Lipinski definition) is 2. The monoisotopic (exact) mass is 232 g/mol. The van der Waals surface area contributed by atoms with Crippen molar-refractivity contribution < 1.29 is 9.90 Å². The number of anilines is 1. The van der Waals surface area contributed by atoms with Crippen LogP contribution in [-0.4, -0.2) is 28.1 Å². The van der Waals surface area contributed by atoms with Crippen molar-refractivity contribution in [3.8, 4) is 0 Å². The Hall–Kier alpha value is -1.55. The molecule has 1 heterocycles. The molecule has 1 aliphatic carbocycles. The number of amides is 1. The third-order valence-corrected chi connectivity index (χ3v) is 3.59. The van der Waals surface area contributed by atoms with Crippen molar-refractivity contribution in [2.24, 2.45) is 0 Å². The van der Waals surface area contributed by atoms with Crippen molar-refractivity contribution >= 4 is 11.6 Å². The van der Waals surface area contributed by atoms with Gasteiger partial charge in [-0.3, -0.25) is 4.79 Å². The van der Waals surface area contributed by atoms with E-state index in [1.165, 1.54) is 0 Å². The van der Waals surface area contributed by atoms with Crippen LogP contribution in [0.5, 0.6) is 0 Å². The Morgan fingerprint density at radius 1 is 1.29 bits per heavy atom. The molecule has 1 amide bonds. The number of para-hydroxylation sites is 1. The molecule has 90 valence electrons. The van der Waals surface area contributed by atoms with E-state index in [2.05, 4.69) is 0 Å². The largest absolute Gasteiger partial charge is 0.398 e. The summed E-state index contributed by atoms with van der Waals surface area (Å²) in [6, 6.07) is 7.53. The molecular weight excluding hydrogens is 216 g/mol. The topological polar surface area (TPSA) is 66.6 Å². The van der Waals surface area contributed by atoms with Gasteiger partial charge in [-0.25, -0.2) is 0 Å². The minimum absolute atomic E-state index is 0.0493. The third-order valence-electron chi connectivity index (χ3n) is 3.59. The summed E-state index contributed by atoms with van der Waals surface area (Å²) >= 11 is 0. The van der Waals surface area contributed by atoms with Gasteiger partial charge in [0.15, 0.2) is 0 Å². The molecule has 1 aromatic rings. The first-order valence-corrected chi connectivity index (χ1v) is 6.02. The molecule has 2 fully saturated rings. The van der Waals surface area contributed by atoms with Crippen molar-refractivity contribution in [3.05, 3.63) is 29.8 Å². The molecule has 2 aliphatic rings. The van der Waals surface area contributed by atoms with Gasteiger partial charge in [0, 0.05) is 17.3 Å². The Morgan fingerprint density at radius 2 is 2.00 bits per heavy atom. The maximum absolute atomic E-state index is 11.9. The summed E-state index contributed by atoms with van der Waals surface area (Å²) in [5.74, 6) is 0.0493. The number of hydrogen-bond acceptors (Lipinski definition) is 3. The lowest BCUT2D eigenvalue weighted by molar-refractivity contribution is -0.129. The number of carbonyl (C=O) groups excluding carboxylic acids is 1. The fraction of sp³-hybridized carbons (Fsp3) is 0.462. The number of likely N-dealkylation sites (tertiary alicyclic amines) is 1. The molecule has 4 nitrogen and oxygen atoms in total. The van der Waals surface area contributed by atoms with Gasteiger partial charge in [0.25, 0.3) is 0 Å². The average Bonchev–Trinajstić information content (AvgIpc) is 3.06. The smallest absolute Gasteiger partial charge is 0.226 e. The highest BCUT2D eigenvalue weighted by Gasteiger charge is 2.47. The molecule has 0 bridgehead atoms. The first-order valence-electron chi connectivity index (χ1n) is 6.02. The van der Waals surface area contributed by atoms with E-state index in [1.54, 1.807) is 0 Å². The van der Waals surface area contributed by atoms with E-state index in [4.69, 9.17) is 5.73 Å². The van der Waals surface area contributed by atoms with Crippen LogP contribution in [0, 0.1) is 0 Å². The molecular formula is C13H16N2O2. The van der Waals surface area contributed by atoms with Crippen molar-refractivity contribution in [1.29, 1.82) is 0 Å². The van der Waals surface area contributed by atoms with Gasteiger partial charge in [-0.1, -0.05) is 18.2 Å². The summed E-state index contributed by atoms with van der Waals surface area (Å²) in [6.45, 7) is 0. The standard InChI is InChI=1S/C13H16N2O2/c14-10-4-2-1-3-9(10)13-11(16)7-12(17)15(13)8-5-6-8/h1-4,8,11,13,16H,5-7,14H2. The zero-order valence-electron chi connectivity index (χ0n) is 9.54. The summed E-state index contributed by atoms with van der Waals surface area (Å²) < 4.78 is 0. The van der Waals surface area contributed by atoms with Crippen LogP contribution in [0.15, 0.2) is 24.3 Å². The van der Waals surface area contributed by atoms with Gasteiger partial charge in [0.1, 0.15) is 0 Å². The fourth-order valence-electron chi connectivity index (χ4n) is 2.66. The molecule has 17 heavy (non-hydrogen) atoms. The van der Waals surface area contributed by atoms with Gasteiger partial charge in [-0.15, -0.1) is 0 Å². The summed E-state index contributed by atoms with van der Waals surface area (Å²) in [4.78, 5) is 13.7. The van der Waals surface area contributed by atoms with Crippen molar-refractivity contribution in [2.45, 2.75) is 37.5 Å². The molecule has 1 aliphatic heterocycles. The van der Waals surface area contributed by atoms with Gasteiger partial charge in [-0.05, 0) is 18.9 Å². The highest BCUT2D eigenvalue weighted by molar-refractivity contribution is 5.81. The molecule has 3 rings (SSSR count). The molecule has 0 aromatic heterocycles. The number of aliphatic hydroxyl groups is 1. The van der Waals surface area contributed by atoms with Crippen LogP contribution in [0.4, 0.5) is 5.69 Å². The molecule has 1 saturated heterocycles. The average molecular weight is 232 g/mol. The lowest BCUT2D eigenvalue weighted by Crippen LogP contribution is -2.32. The molecule has 0 radical (unpaired) electrons. The highest BCUT2D eigenvalue weighted by atomic mass is 16.3. The fourth-order valence-corrected chi connectivity index (χ4v) is 2.66. The highest BCUT2D eigenvalue weighted by Crippen LogP contribution is 2.43. The Kier molecular flexibility index (Phi) is 2.33. The van der Waals surface area contributed by atoms with Crippen LogP contribution >= 0.6 is 0 Å². The second-order valence-electron chi connectivity index (χ2n) is 4.88. The number of rotatable bonds is 2. The Labute approximate surface area is 100 Å². The van der Waals surface area contributed by atoms with E-state index >= 15 is 0 Å². The van der Waals surface area contributed by atoms with Crippen molar-refractivity contribution in [1.82, 2.24) is 4.90 Å². The predicted octanol–water partition coefficient (Wildman–Crippen LogP) is 1.07. The van der Waals surface area contributed by atoms with Crippen LogP contribution in [0.2, 0.25) is 0 Å². The van der Waals surface area contributed by atoms with Gasteiger partial charge < -0.3 is 15.7 Å². The van der Waals surface area contributed by atoms with E-state index in [9.17, 15) is 9.90 Å². The summed E-state index contributed by atoms with van der Waals surface area (Å²) in [5.41, 5.74) is 7.46. The molecule has 3 N–H and O–H groups in total. The van der Waals surface area contributed by atoms with Gasteiger partial charge in [0.05, 0.1) is 18.6 Å². The number of nitrogens with zero attached hydrogens (tertiary/aromatic N) is 1. The van der Waals surface area contributed by atoms with E-state index in [-0.39, 0.29) is 18.4 Å². The lowest BCUT2D eigenvalue weighted by atomic mass is 10.0. The molecule has 2 unspecified atom stereocenters. The Bertz CT molecular complexity index is 456. The Morgan fingerprint density at radius 3 is 2.65 bits per heavy atom. The molecule has 1 aromatic carbocycles. The van der Waals surface area contributed by atoms with Gasteiger partial charge in [0.2, 0.25) is 5.91 Å². The van der Waals surface area contributed by atoms with Gasteiger partial charge in [-0.2, -0.15) is 0 Å². The number of aliphatic hydroxyl groups excluding tert-OH is 1. The summed E-state index contributed by atoms with van der Waals surface area (Å²) in [7, 11) is 0. The maximum atomic E-state index is 11.9. The zero-order chi connectivity index (χ0) is 12.0. The SMILES string of the molecule is Nc1ccccc1C1C(O)CC(=O)N1C1CC1. The quantitative estimate of drug-likeness (QED) is 0.749. The van der Waals surface area contributed by atoms with Crippen LogP contribution in [0.1, 0.15) is 30.9 Å². The number of carbonyl (C=O) groups is 1. The lowest BCUT2D eigenvalue weighted by Gasteiger charge is -2.27. The zero-order valence-corrected chi connectivity index (χ0v) is 9.54. The minimum atomic E-state index is -0.632. The maximum Gasteiger partial charge on any atom is 0.226 e. The first-order chi connectivity index (χ1) is 8.18. The number of nitrogen functional groups attached to an aromatic ring is 1. The second kappa shape index (κ2) is 3.74. The van der Waals surface area contributed by atoms with Crippen LogP contribution < -0.4 is 5.73 Å². The van der Waals surface area contributed by atoms with Crippen LogP contribution in [-0.2, 0) is 4.79 Å². The van der Waals surface area contributed by atoms with Crippen molar-refractivity contribution in [2.75, 3.05) is 5.73 Å². The molecule has 2 atom stereocenters. The first kappa shape index (κ1) is 10.6. The van der Waals surface area contributed by atoms with Crippen LogP contribution in [0.25, 0.3) is 0 Å². The van der Waals surface area contributed by atoms with E-state index in [0.29, 0.717) is 11.7 Å².